The van der Waals surface area contributed by atoms with Gasteiger partial charge in [0.2, 0.25) is 0 Å². The number of hydrogen-bond acceptors (Lipinski definition) is 5. The van der Waals surface area contributed by atoms with Crippen molar-refractivity contribution in [1.82, 2.24) is 25.0 Å². The molecule has 4 aromatic rings. The molecule has 0 saturated carbocycles. The van der Waals surface area contributed by atoms with Gasteiger partial charge in [0.15, 0.2) is 0 Å². The predicted molar refractivity (Wildman–Crippen MR) is 139 cm³/mol. The van der Waals surface area contributed by atoms with Gasteiger partial charge in [0.1, 0.15) is 11.5 Å². The van der Waals surface area contributed by atoms with Gasteiger partial charge in [-0.05, 0) is 49.4 Å². The second-order valence-electron chi connectivity index (χ2n) is 8.98. The number of carbonyl (C=O) groups excluding carboxylic acids is 1. The molecule has 3 heterocycles. The second kappa shape index (κ2) is 10.1. The number of benzene rings is 2. The first-order valence-electron chi connectivity index (χ1n) is 12.0. The van der Waals surface area contributed by atoms with Crippen molar-refractivity contribution in [1.29, 1.82) is 0 Å². The maximum Gasteiger partial charge on any atom is 0.255 e. The van der Waals surface area contributed by atoms with Crippen LogP contribution in [0.4, 0.5) is 5.82 Å². The first kappa shape index (κ1) is 22.8. The van der Waals surface area contributed by atoms with Crippen LogP contribution in [0.2, 0.25) is 0 Å². The molecule has 178 valence electrons. The fourth-order valence-corrected chi connectivity index (χ4v) is 4.35. The van der Waals surface area contributed by atoms with Gasteiger partial charge in [0, 0.05) is 50.7 Å². The molecule has 7 nitrogen and oxygen atoms in total. The van der Waals surface area contributed by atoms with Crippen molar-refractivity contribution in [2.45, 2.75) is 13.5 Å². The van der Waals surface area contributed by atoms with E-state index in [9.17, 15) is 4.79 Å². The molecular weight excluding hydrogens is 436 g/mol. The van der Waals surface area contributed by atoms with Crippen LogP contribution in [0.1, 0.15) is 21.5 Å². The first-order chi connectivity index (χ1) is 17.1. The average molecular weight is 467 g/mol. The maximum absolute atomic E-state index is 13.4. The molecule has 0 atom stereocenters. The van der Waals surface area contributed by atoms with E-state index in [1.165, 1.54) is 0 Å². The van der Waals surface area contributed by atoms with E-state index in [1.54, 1.807) is 4.68 Å². The lowest BCUT2D eigenvalue weighted by Crippen LogP contribution is -2.44. The van der Waals surface area contributed by atoms with Crippen LogP contribution in [0.25, 0.3) is 16.9 Å². The number of para-hydroxylation sites is 1. The number of rotatable bonds is 6. The Morgan fingerprint density at radius 2 is 1.71 bits per heavy atom. The zero-order chi connectivity index (χ0) is 24.2. The standard InChI is InChI=1S/C28H30N6O/c1-21-8-6-7-11-24(21)27-25(20-34(31-27)23-9-4-3-5-10-23)28(35)30-19-22-12-13-29-26(18-22)33-16-14-32(2)15-17-33/h3-13,18,20H,14-17,19H2,1-2H3,(H,30,35). The Balaban J connectivity index is 1.38. The molecule has 1 aliphatic rings. The van der Waals surface area contributed by atoms with Crippen molar-refractivity contribution >= 4 is 11.7 Å². The van der Waals surface area contributed by atoms with Gasteiger partial charge >= 0.3 is 0 Å². The SMILES string of the molecule is Cc1ccccc1-c1nn(-c2ccccc2)cc1C(=O)NCc1ccnc(N2CCN(C)CC2)c1. The summed E-state index contributed by atoms with van der Waals surface area (Å²) in [5.74, 6) is 0.811. The van der Waals surface area contributed by atoms with E-state index >= 15 is 0 Å². The zero-order valence-corrected chi connectivity index (χ0v) is 20.2. The third-order valence-corrected chi connectivity index (χ3v) is 6.47. The Morgan fingerprint density at radius 1 is 0.971 bits per heavy atom. The topological polar surface area (TPSA) is 66.3 Å². The Kier molecular flexibility index (Phi) is 6.59. The van der Waals surface area contributed by atoms with Gasteiger partial charge < -0.3 is 15.1 Å². The summed E-state index contributed by atoms with van der Waals surface area (Å²) in [5, 5.41) is 7.90. The van der Waals surface area contributed by atoms with Crippen LogP contribution in [-0.4, -0.2) is 58.8 Å². The second-order valence-corrected chi connectivity index (χ2v) is 8.98. The number of anilines is 1. The number of piperazine rings is 1. The minimum atomic E-state index is -0.150. The van der Waals surface area contributed by atoms with Crippen LogP contribution < -0.4 is 10.2 Å². The molecule has 0 bridgehead atoms. The van der Waals surface area contributed by atoms with Crippen LogP contribution in [-0.2, 0) is 6.54 Å². The fourth-order valence-electron chi connectivity index (χ4n) is 4.35. The van der Waals surface area contributed by atoms with E-state index in [4.69, 9.17) is 5.10 Å². The molecule has 0 spiro atoms. The normalized spacial score (nSPS) is 14.2. The molecule has 5 rings (SSSR count). The number of likely N-dealkylation sites (N-methyl/N-ethyl adjacent to an activating group) is 1. The molecule has 7 heteroatoms. The van der Waals surface area contributed by atoms with Crippen LogP contribution in [0.5, 0.6) is 0 Å². The Bertz CT molecular complexity index is 1310. The van der Waals surface area contributed by atoms with Crippen molar-refractivity contribution in [2.75, 3.05) is 38.1 Å². The summed E-state index contributed by atoms with van der Waals surface area (Å²) in [5.41, 5.74) is 5.19. The summed E-state index contributed by atoms with van der Waals surface area (Å²) in [7, 11) is 2.14. The number of aromatic nitrogens is 3. The van der Waals surface area contributed by atoms with E-state index in [0.29, 0.717) is 17.8 Å². The molecule has 35 heavy (non-hydrogen) atoms. The molecule has 1 amide bonds. The van der Waals surface area contributed by atoms with E-state index in [0.717, 1.165) is 54.4 Å². The lowest BCUT2D eigenvalue weighted by Gasteiger charge is -2.33. The number of aryl methyl sites for hydroxylation is 1. The Labute approximate surface area is 206 Å². The number of nitrogens with one attached hydrogen (secondary N) is 1. The molecule has 1 aliphatic heterocycles. The monoisotopic (exact) mass is 466 g/mol. The van der Waals surface area contributed by atoms with E-state index < -0.39 is 0 Å². The Morgan fingerprint density at radius 3 is 2.49 bits per heavy atom. The highest BCUT2D eigenvalue weighted by molar-refractivity contribution is 6.00. The van der Waals surface area contributed by atoms with Crippen LogP contribution in [0, 0.1) is 6.92 Å². The lowest BCUT2D eigenvalue weighted by atomic mass is 10.0. The number of hydrogen-bond donors (Lipinski definition) is 1. The number of carbonyl (C=O) groups is 1. The van der Waals surface area contributed by atoms with Crippen molar-refractivity contribution in [3.63, 3.8) is 0 Å². The summed E-state index contributed by atoms with van der Waals surface area (Å²) in [6.07, 6.45) is 3.63. The molecular formula is C28H30N6O. The predicted octanol–water partition coefficient (Wildman–Crippen LogP) is 3.92. The summed E-state index contributed by atoms with van der Waals surface area (Å²) in [6, 6.07) is 21.9. The molecule has 0 radical (unpaired) electrons. The third-order valence-electron chi connectivity index (χ3n) is 6.47. The molecule has 1 N–H and O–H groups in total. The van der Waals surface area contributed by atoms with Crippen molar-refractivity contribution in [3.05, 3.63) is 95.8 Å². The Hall–Kier alpha value is -3.97. The molecule has 0 unspecified atom stereocenters. The number of amides is 1. The summed E-state index contributed by atoms with van der Waals surface area (Å²) >= 11 is 0. The van der Waals surface area contributed by atoms with Crippen LogP contribution in [0.3, 0.4) is 0 Å². The van der Waals surface area contributed by atoms with Crippen LogP contribution in [0.15, 0.2) is 79.1 Å². The highest BCUT2D eigenvalue weighted by atomic mass is 16.1. The van der Waals surface area contributed by atoms with Gasteiger partial charge in [0.05, 0.1) is 11.3 Å². The van der Waals surface area contributed by atoms with Gasteiger partial charge in [-0.3, -0.25) is 4.79 Å². The largest absolute Gasteiger partial charge is 0.354 e. The quantitative estimate of drug-likeness (QED) is 0.467. The zero-order valence-electron chi connectivity index (χ0n) is 20.2. The smallest absolute Gasteiger partial charge is 0.255 e. The van der Waals surface area contributed by atoms with E-state index in [2.05, 4.69) is 33.2 Å². The number of nitrogens with zero attached hydrogens (tertiary/aromatic N) is 5. The maximum atomic E-state index is 13.4. The van der Waals surface area contributed by atoms with Gasteiger partial charge in [-0.1, -0.05) is 42.5 Å². The summed E-state index contributed by atoms with van der Waals surface area (Å²) in [6.45, 7) is 6.42. The fraction of sp³-hybridized carbons (Fsp3) is 0.250. The van der Waals surface area contributed by atoms with E-state index in [-0.39, 0.29) is 5.91 Å². The van der Waals surface area contributed by atoms with Gasteiger partial charge in [-0.25, -0.2) is 9.67 Å². The average Bonchev–Trinajstić information content (AvgIpc) is 3.34. The highest BCUT2D eigenvalue weighted by Gasteiger charge is 2.20. The highest BCUT2D eigenvalue weighted by Crippen LogP contribution is 2.27. The summed E-state index contributed by atoms with van der Waals surface area (Å²) < 4.78 is 1.77. The van der Waals surface area contributed by atoms with Crippen LogP contribution >= 0.6 is 0 Å². The minimum absolute atomic E-state index is 0.150. The van der Waals surface area contributed by atoms with Crippen molar-refractivity contribution in [3.8, 4) is 16.9 Å². The first-order valence-corrected chi connectivity index (χ1v) is 12.0. The van der Waals surface area contributed by atoms with Gasteiger partial charge in [0.25, 0.3) is 5.91 Å². The van der Waals surface area contributed by atoms with E-state index in [1.807, 2.05) is 80.0 Å². The molecule has 2 aromatic heterocycles. The molecule has 1 saturated heterocycles. The number of pyridine rings is 1. The molecule has 0 aliphatic carbocycles. The summed E-state index contributed by atoms with van der Waals surface area (Å²) in [4.78, 5) is 22.6. The van der Waals surface area contributed by atoms with Gasteiger partial charge in [-0.15, -0.1) is 0 Å². The molecule has 2 aromatic carbocycles. The molecule has 1 fully saturated rings. The van der Waals surface area contributed by atoms with Crippen molar-refractivity contribution < 1.29 is 4.79 Å². The van der Waals surface area contributed by atoms with Gasteiger partial charge in [-0.2, -0.15) is 5.10 Å². The third kappa shape index (κ3) is 5.10. The van der Waals surface area contributed by atoms with Crippen molar-refractivity contribution in [2.24, 2.45) is 0 Å². The lowest BCUT2D eigenvalue weighted by molar-refractivity contribution is 0.0951. The minimum Gasteiger partial charge on any atom is -0.354 e.